The molecular formula is C14H17S2. The van der Waals surface area contributed by atoms with Crippen LogP contribution in [-0.4, -0.2) is 0 Å². The molecule has 2 aromatic rings. The van der Waals surface area contributed by atoms with Crippen LogP contribution in [0.3, 0.4) is 0 Å². The third-order valence-corrected chi connectivity index (χ3v) is 4.79. The van der Waals surface area contributed by atoms with E-state index in [-0.39, 0.29) is 0 Å². The molecule has 2 aromatic heterocycles. The third-order valence-electron chi connectivity index (χ3n) is 2.82. The lowest BCUT2D eigenvalue weighted by Gasteiger charge is -2.13. The highest BCUT2D eigenvalue weighted by Crippen LogP contribution is 2.30. The van der Waals surface area contributed by atoms with Crippen LogP contribution in [0.4, 0.5) is 0 Å². The van der Waals surface area contributed by atoms with Crippen molar-refractivity contribution in [3.05, 3.63) is 51.7 Å². The summed E-state index contributed by atoms with van der Waals surface area (Å²) in [4.78, 5) is 3.03. The molecule has 85 valence electrons. The van der Waals surface area contributed by atoms with Gasteiger partial charge >= 0.3 is 0 Å². The Balaban J connectivity index is 1.93. The SMILES string of the molecule is [CH2]CCC(CCc1cccs1)c1cccs1. The zero-order chi connectivity index (χ0) is 11.2. The van der Waals surface area contributed by atoms with E-state index in [1.807, 2.05) is 22.7 Å². The molecule has 0 aliphatic rings. The largest absolute Gasteiger partial charge is 0.149 e. The van der Waals surface area contributed by atoms with Gasteiger partial charge in [0.25, 0.3) is 0 Å². The number of hydrogen-bond acceptors (Lipinski definition) is 2. The van der Waals surface area contributed by atoms with Crippen LogP contribution in [0.1, 0.15) is 34.9 Å². The van der Waals surface area contributed by atoms with Crippen LogP contribution in [0, 0.1) is 6.92 Å². The van der Waals surface area contributed by atoms with Crippen molar-refractivity contribution in [2.75, 3.05) is 0 Å². The minimum Gasteiger partial charge on any atom is -0.149 e. The molecule has 0 bridgehead atoms. The van der Waals surface area contributed by atoms with E-state index in [1.54, 1.807) is 0 Å². The lowest BCUT2D eigenvalue weighted by Crippen LogP contribution is -1.98. The molecule has 0 saturated heterocycles. The van der Waals surface area contributed by atoms with Gasteiger partial charge in [-0.2, -0.15) is 0 Å². The molecule has 1 unspecified atom stereocenters. The van der Waals surface area contributed by atoms with Gasteiger partial charge in [-0.1, -0.05) is 25.5 Å². The monoisotopic (exact) mass is 249 g/mol. The highest BCUT2D eigenvalue weighted by Gasteiger charge is 2.11. The van der Waals surface area contributed by atoms with Gasteiger partial charge in [-0.25, -0.2) is 0 Å². The lowest BCUT2D eigenvalue weighted by molar-refractivity contribution is 0.593. The van der Waals surface area contributed by atoms with Crippen molar-refractivity contribution in [1.82, 2.24) is 0 Å². The number of rotatable bonds is 6. The van der Waals surface area contributed by atoms with Crippen molar-refractivity contribution < 1.29 is 0 Å². The van der Waals surface area contributed by atoms with Crippen LogP contribution in [-0.2, 0) is 6.42 Å². The topological polar surface area (TPSA) is 0 Å². The minimum absolute atomic E-state index is 0.708. The van der Waals surface area contributed by atoms with Gasteiger partial charge in [-0.3, -0.25) is 0 Å². The van der Waals surface area contributed by atoms with Crippen LogP contribution in [0.2, 0.25) is 0 Å². The van der Waals surface area contributed by atoms with Gasteiger partial charge in [-0.05, 0) is 48.1 Å². The molecule has 2 heterocycles. The van der Waals surface area contributed by atoms with E-state index in [2.05, 4.69) is 41.9 Å². The van der Waals surface area contributed by atoms with Crippen LogP contribution < -0.4 is 0 Å². The molecule has 0 aliphatic heterocycles. The normalized spacial score (nSPS) is 12.8. The van der Waals surface area contributed by atoms with Gasteiger partial charge in [0.2, 0.25) is 0 Å². The minimum atomic E-state index is 0.708. The Morgan fingerprint density at radius 2 is 1.88 bits per heavy atom. The third kappa shape index (κ3) is 3.19. The first-order chi connectivity index (χ1) is 7.90. The maximum atomic E-state index is 3.99. The van der Waals surface area contributed by atoms with Crippen molar-refractivity contribution in [2.45, 2.75) is 31.6 Å². The molecule has 0 saturated carbocycles. The second kappa shape index (κ2) is 6.21. The van der Waals surface area contributed by atoms with Crippen LogP contribution >= 0.6 is 22.7 Å². The second-order valence-electron chi connectivity index (χ2n) is 3.97. The molecule has 0 N–H and O–H groups in total. The first-order valence-electron chi connectivity index (χ1n) is 5.75. The number of aryl methyl sites for hydroxylation is 1. The van der Waals surface area contributed by atoms with E-state index in [0.717, 1.165) is 6.42 Å². The summed E-state index contributed by atoms with van der Waals surface area (Å²) in [6.07, 6.45) is 4.72. The van der Waals surface area contributed by atoms with Crippen LogP contribution in [0.25, 0.3) is 0 Å². The van der Waals surface area contributed by atoms with Crippen molar-refractivity contribution in [1.29, 1.82) is 0 Å². The average Bonchev–Trinajstić information content (AvgIpc) is 2.96. The highest BCUT2D eigenvalue weighted by molar-refractivity contribution is 7.10. The van der Waals surface area contributed by atoms with Crippen LogP contribution in [0.15, 0.2) is 35.0 Å². The van der Waals surface area contributed by atoms with E-state index in [0.29, 0.717) is 5.92 Å². The Morgan fingerprint density at radius 3 is 2.50 bits per heavy atom. The zero-order valence-corrected chi connectivity index (χ0v) is 11.0. The summed E-state index contributed by atoms with van der Waals surface area (Å²) in [6, 6.07) is 8.79. The molecule has 0 aromatic carbocycles. The van der Waals surface area contributed by atoms with Gasteiger partial charge < -0.3 is 0 Å². The van der Waals surface area contributed by atoms with Gasteiger partial charge in [0.1, 0.15) is 0 Å². The molecule has 2 rings (SSSR count). The lowest BCUT2D eigenvalue weighted by atomic mass is 9.96. The standard InChI is InChI=1S/C14H17S2/c1-2-5-12(14-7-4-11-16-14)8-9-13-6-3-10-15-13/h3-4,6-7,10-12H,1-2,5,8-9H2. The molecule has 2 heteroatoms. The Kier molecular flexibility index (Phi) is 4.61. The summed E-state index contributed by atoms with van der Waals surface area (Å²) in [5.74, 6) is 0.708. The summed E-state index contributed by atoms with van der Waals surface area (Å²) in [5, 5.41) is 4.34. The van der Waals surface area contributed by atoms with Gasteiger partial charge in [0, 0.05) is 9.75 Å². The van der Waals surface area contributed by atoms with Crippen molar-refractivity contribution in [2.24, 2.45) is 0 Å². The van der Waals surface area contributed by atoms with Gasteiger partial charge in [-0.15, -0.1) is 22.7 Å². The molecular weight excluding hydrogens is 232 g/mol. The molecule has 0 spiro atoms. The molecule has 1 atom stereocenters. The number of hydrogen-bond donors (Lipinski definition) is 0. The summed E-state index contributed by atoms with van der Waals surface area (Å²) >= 11 is 3.75. The van der Waals surface area contributed by atoms with Gasteiger partial charge in [0.15, 0.2) is 0 Å². The Bertz CT molecular complexity index is 373. The maximum Gasteiger partial charge on any atom is 0.00762 e. The highest BCUT2D eigenvalue weighted by atomic mass is 32.1. The van der Waals surface area contributed by atoms with E-state index in [1.165, 1.54) is 29.0 Å². The summed E-state index contributed by atoms with van der Waals surface area (Å²) < 4.78 is 0. The first-order valence-corrected chi connectivity index (χ1v) is 7.51. The van der Waals surface area contributed by atoms with E-state index < -0.39 is 0 Å². The molecule has 16 heavy (non-hydrogen) atoms. The zero-order valence-electron chi connectivity index (χ0n) is 9.39. The van der Waals surface area contributed by atoms with Crippen molar-refractivity contribution >= 4 is 22.7 Å². The molecule has 0 aliphatic carbocycles. The fourth-order valence-electron chi connectivity index (χ4n) is 1.97. The second-order valence-corrected chi connectivity index (χ2v) is 5.98. The van der Waals surface area contributed by atoms with E-state index in [9.17, 15) is 0 Å². The molecule has 0 nitrogen and oxygen atoms in total. The summed E-state index contributed by atoms with van der Waals surface area (Å²) in [6.45, 7) is 3.99. The predicted octanol–water partition coefficient (Wildman–Crippen LogP) is 5.14. The quantitative estimate of drug-likeness (QED) is 0.665. The fourth-order valence-corrected chi connectivity index (χ4v) is 3.59. The molecule has 0 amide bonds. The molecule has 0 fully saturated rings. The summed E-state index contributed by atoms with van der Waals surface area (Å²) in [7, 11) is 0. The van der Waals surface area contributed by atoms with Crippen LogP contribution in [0.5, 0.6) is 0 Å². The Hall–Kier alpha value is -0.600. The summed E-state index contributed by atoms with van der Waals surface area (Å²) in [5.41, 5.74) is 0. The Morgan fingerprint density at radius 1 is 1.06 bits per heavy atom. The van der Waals surface area contributed by atoms with E-state index in [4.69, 9.17) is 0 Å². The maximum absolute atomic E-state index is 3.99. The fraction of sp³-hybridized carbons (Fsp3) is 0.357. The van der Waals surface area contributed by atoms with E-state index >= 15 is 0 Å². The average molecular weight is 249 g/mol. The number of thiophene rings is 2. The molecule has 1 radical (unpaired) electrons. The van der Waals surface area contributed by atoms with Crippen molar-refractivity contribution in [3.63, 3.8) is 0 Å². The first kappa shape index (κ1) is 11.9. The smallest absolute Gasteiger partial charge is 0.00762 e. The van der Waals surface area contributed by atoms with Crippen molar-refractivity contribution in [3.8, 4) is 0 Å². The Labute approximate surface area is 106 Å². The predicted molar refractivity (Wildman–Crippen MR) is 74.3 cm³/mol. The van der Waals surface area contributed by atoms with Gasteiger partial charge in [0.05, 0.1) is 0 Å².